The van der Waals surface area contributed by atoms with Crippen LogP contribution in [-0.4, -0.2) is 28.1 Å². The van der Waals surface area contributed by atoms with Crippen LogP contribution in [0.1, 0.15) is 106 Å². The van der Waals surface area contributed by atoms with Gasteiger partial charge in [-0.15, -0.1) is 0 Å². The van der Waals surface area contributed by atoms with Gasteiger partial charge in [-0.2, -0.15) is 0 Å². The van der Waals surface area contributed by atoms with Gasteiger partial charge in [0.25, 0.3) is 0 Å². The van der Waals surface area contributed by atoms with Crippen LogP contribution >= 0.6 is 0 Å². The Morgan fingerprint density at radius 3 is 2.21 bits per heavy atom. The largest absolute Gasteiger partial charge is 0.481 e. The van der Waals surface area contributed by atoms with Gasteiger partial charge < -0.3 is 10.2 Å². The number of carbonyl (C=O) groups is 2. The topological polar surface area (TPSA) is 74.6 Å². The predicted octanol–water partition coefficient (Wildman–Crippen LogP) is 6.41. The molecule has 5 aliphatic rings. The standard InChI is InChI=1S/C30H46O4/c1-25(2)21-8-11-30(7)23(28(21,5)10-9-22(25)32)20(31)16-18-19-17-27(4,24(33)34)13-12-26(19,3)14-15-29(18,30)6/h16,19,21-23,32H,8-15,17H2,1-7H3,(H,33,34)/t19-,21?,22?,23?,26?,27?,28?,29?,30?/m0/s1. The van der Waals surface area contributed by atoms with Crippen molar-refractivity contribution in [3.05, 3.63) is 11.6 Å². The van der Waals surface area contributed by atoms with Gasteiger partial charge in [0, 0.05) is 5.92 Å². The van der Waals surface area contributed by atoms with Crippen LogP contribution in [0.25, 0.3) is 0 Å². The van der Waals surface area contributed by atoms with Gasteiger partial charge in [-0.05, 0) is 110 Å². The number of ketones is 1. The van der Waals surface area contributed by atoms with Crippen LogP contribution in [0.4, 0.5) is 0 Å². The third-order valence-electron chi connectivity index (χ3n) is 13.1. The molecular weight excluding hydrogens is 424 g/mol. The Bertz CT molecular complexity index is 965. The Kier molecular flexibility index (Phi) is 5.04. The highest BCUT2D eigenvalue weighted by atomic mass is 16.4. The lowest BCUT2D eigenvalue weighted by Gasteiger charge is -2.70. The summed E-state index contributed by atoms with van der Waals surface area (Å²) in [6, 6.07) is 0. The first-order chi connectivity index (χ1) is 15.6. The van der Waals surface area contributed by atoms with E-state index in [2.05, 4.69) is 41.5 Å². The molecule has 9 atom stereocenters. The second-order valence-electron chi connectivity index (χ2n) is 14.9. The molecule has 8 unspecified atom stereocenters. The van der Waals surface area contributed by atoms with Gasteiger partial charge >= 0.3 is 5.97 Å². The van der Waals surface area contributed by atoms with Gasteiger partial charge in [-0.1, -0.05) is 47.1 Å². The molecular formula is C30H46O4. The number of allylic oxidation sites excluding steroid dienone is 2. The number of carboxylic acid groups (broad SMARTS) is 1. The van der Waals surface area contributed by atoms with E-state index in [9.17, 15) is 19.8 Å². The molecule has 0 aromatic heterocycles. The zero-order valence-electron chi connectivity index (χ0n) is 22.5. The van der Waals surface area contributed by atoms with E-state index in [1.165, 1.54) is 5.57 Å². The SMILES string of the molecule is CC1(C(=O)O)CCC2(C)CCC3(C)C(=CC(=O)C4C5(C)CCC(O)C(C)(C)C5CCC43C)[C@@H]2C1. The van der Waals surface area contributed by atoms with E-state index in [-0.39, 0.29) is 50.8 Å². The molecule has 4 heteroatoms. The number of rotatable bonds is 1. The van der Waals surface area contributed by atoms with Crippen LogP contribution in [0.15, 0.2) is 11.6 Å². The monoisotopic (exact) mass is 470 g/mol. The molecule has 0 aromatic carbocycles. The van der Waals surface area contributed by atoms with Crippen molar-refractivity contribution in [3.63, 3.8) is 0 Å². The lowest BCUT2D eigenvalue weighted by atomic mass is 9.33. The Hall–Kier alpha value is -1.16. The van der Waals surface area contributed by atoms with Crippen LogP contribution in [0.5, 0.6) is 0 Å². The van der Waals surface area contributed by atoms with Crippen LogP contribution in [0, 0.1) is 50.2 Å². The van der Waals surface area contributed by atoms with Crippen LogP contribution < -0.4 is 0 Å². The van der Waals surface area contributed by atoms with Gasteiger partial charge in [0.15, 0.2) is 5.78 Å². The molecule has 2 N–H and O–H groups in total. The van der Waals surface area contributed by atoms with Gasteiger partial charge in [0.1, 0.15) is 0 Å². The maximum Gasteiger partial charge on any atom is 0.309 e. The maximum absolute atomic E-state index is 14.2. The number of aliphatic hydroxyl groups excluding tert-OH is 1. The van der Waals surface area contributed by atoms with Gasteiger partial charge in [-0.25, -0.2) is 0 Å². The summed E-state index contributed by atoms with van der Waals surface area (Å²) in [4.78, 5) is 26.4. The van der Waals surface area contributed by atoms with E-state index in [1.807, 2.05) is 13.0 Å². The molecule has 0 heterocycles. The summed E-state index contributed by atoms with van der Waals surface area (Å²) in [5, 5.41) is 20.9. The number of carbonyl (C=O) groups excluding carboxylic acids is 1. The third kappa shape index (κ3) is 2.81. The Balaban J connectivity index is 1.62. The number of fused-ring (bicyclic) bond motifs is 7. The summed E-state index contributed by atoms with van der Waals surface area (Å²) in [7, 11) is 0. The number of aliphatic carboxylic acids is 1. The van der Waals surface area contributed by atoms with Crippen molar-refractivity contribution in [1.82, 2.24) is 0 Å². The summed E-state index contributed by atoms with van der Waals surface area (Å²) in [5.74, 6) is 0.0603. The van der Waals surface area contributed by atoms with E-state index in [4.69, 9.17) is 0 Å². The number of aliphatic hydroxyl groups is 1. The van der Waals surface area contributed by atoms with Crippen molar-refractivity contribution in [2.24, 2.45) is 50.2 Å². The smallest absolute Gasteiger partial charge is 0.309 e. The first-order valence-corrected chi connectivity index (χ1v) is 13.7. The Morgan fingerprint density at radius 1 is 0.912 bits per heavy atom. The maximum atomic E-state index is 14.2. The minimum atomic E-state index is -0.711. The molecule has 34 heavy (non-hydrogen) atoms. The van der Waals surface area contributed by atoms with Crippen molar-refractivity contribution in [1.29, 1.82) is 0 Å². The minimum absolute atomic E-state index is 0.0296. The first-order valence-electron chi connectivity index (χ1n) is 13.7. The molecule has 4 saturated carbocycles. The fraction of sp³-hybridized carbons (Fsp3) is 0.867. The van der Waals surface area contributed by atoms with Gasteiger partial charge in [0.05, 0.1) is 11.5 Å². The zero-order valence-corrected chi connectivity index (χ0v) is 22.5. The fourth-order valence-electron chi connectivity index (χ4n) is 10.4. The van der Waals surface area contributed by atoms with Crippen molar-refractivity contribution < 1.29 is 19.8 Å². The fourth-order valence-corrected chi connectivity index (χ4v) is 10.4. The highest BCUT2D eigenvalue weighted by Crippen LogP contribution is 2.75. The summed E-state index contributed by atoms with van der Waals surface area (Å²) in [5.41, 5.74) is 0.142. The molecule has 0 bridgehead atoms. The van der Waals surface area contributed by atoms with Crippen molar-refractivity contribution in [2.75, 3.05) is 0 Å². The summed E-state index contributed by atoms with van der Waals surface area (Å²) in [6.07, 6.45) is 9.95. The molecule has 0 aliphatic heterocycles. The van der Waals surface area contributed by atoms with Crippen LogP contribution in [0.2, 0.25) is 0 Å². The van der Waals surface area contributed by atoms with Crippen molar-refractivity contribution in [2.45, 2.75) is 112 Å². The van der Waals surface area contributed by atoms with E-state index in [0.29, 0.717) is 12.3 Å². The van der Waals surface area contributed by atoms with Crippen LogP contribution in [-0.2, 0) is 9.59 Å². The average molecular weight is 471 g/mol. The minimum Gasteiger partial charge on any atom is -0.481 e. The molecule has 0 spiro atoms. The summed E-state index contributed by atoms with van der Waals surface area (Å²) >= 11 is 0. The third-order valence-corrected chi connectivity index (χ3v) is 13.1. The van der Waals surface area contributed by atoms with E-state index < -0.39 is 11.4 Å². The average Bonchev–Trinajstić information content (AvgIpc) is 2.73. The predicted molar refractivity (Wildman–Crippen MR) is 133 cm³/mol. The number of hydrogen-bond donors (Lipinski definition) is 2. The highest BCUT2D eigenvalue weighted by Gasteiger charge is 2.70. The Labute approximate surface area is 206 Å². The quantitative estimate of drug-likeness (QED) is 0.464. The molecule has 4 fully saturated rings. The highest BCUT2D eigenvalue weighted by molar-refractivity contribution is 5.95. The second kappa shape index (κ2) is 6.99. The van der Waals surface area contributed by atoms with Crippen molar-refractivity contribution >= 4 is 11.8 Å². The molecule has 0 amide bonds. The number of hydrogen-bond acceptors (Lipinski definition) is 3. The normalized spacial score (nSPS) is 54.1. The summed E-state index contributed by atoms with van der Waals surface area (Å²) < 4.78 is 0. The lowest BCUT2D eigenvalue weighted by molar-refractivity contribution is -0.202. The molecule has 5 aliphatic carbocycles. The lowest BCUT2D eigenvalue weighted by Crippen LogP contribution is -2.66. The molecule has 5 rings (SSSR count). The molecule has 0 saturated heterocycles. The van der Waals surface area contributed by atoms with Crippen molar-refractivity contribution in [3.8, 4) is 0 Å². The van der Waals surface area contributed by atoms with Gasteiger partial charge in [-0.3, -0.25) is 9.59 Å². The molecule has 4 nitrogen and oxygen atoms in total. The van der Waals surface area contributed by atoms with Crippen LogP contribution in [0.3, 0.4) is 0 Å². The van der Waals surface area contributed by atoms with E-state index in [1.54, 1.807) is 0 Å². The van der Waals surface area contributed by atoms with Gasteiger partial charge in [0.2, 0.25) is 0 Å². The molecule has 0 aromatic rings. The zero-order chi connectivity index (χ0) is 25.1. The molecule has 190 valence electrons. The number of carboxylic acids is 1. The van der Waals surface area contributed by atoms with E-state index in [0.717, 1.165) is 51.4 Å². The summed E-state index contributed by atoms with van der Waals surface area (Å²) in [6.45, 7) is 15.8. The second-order valence-corrected chi connectivity index (χ2v) is 14.9. The van der Waals surface area contributed by atoms with E-state index >= 15 is 0 Å². The first kappa shape index (κ1) is 24.5. The molecule has 0 radical (unpaired) electrons. The Morgan fingerprint density at radius 2 is 1.56 bits per heavy atom.